The first-order valence-electron chi connectivity index (χ1n) is 10.5. The van der Waals surface area contributed by atoms with Crippen molar-refractivity contribution in [3.05, 3.63) is 40.7 Å². The molecule has 1 aliphatic heterocycles. The van der Waals surface area contributed by atoms with Crippen molar-refractivity contribution >= 4 is 5.91 Å². The summed E-state index contributed by atoms with van der Waals surface area (Å²) in [6.45, 7) is 7.17. The summed E-state index contributed by atoms with van der Waals surface area (Å²) in [5, 5.41) is 7.68. The van der Waals surface area contributed by atoms with E-state index < -0.39 is 0 Å². The van der Waals surface area contributed by atoms with Crippen molar-refractivity contribution in [2.24, 2.45) is 0 Å². The summed E-state index contributed by atoms with van der Waals surface area (Å²) >= 11 is 0. The minimum Gasteiger partial charge on any atom is -0.345 e. The van der Waals surface area contributed by atoms with Crippen LogP contribution in [0.3, 0.4) is 0 Å². The van der Waals surface area contributed by atoms with Crippen LogP contribution in [0.25, 0.3) is 0 Å². The molecule has 7 heteroatoms. The van der Waals surface area contributed by atoms with Gasteiger partial charge in [0.25, 0.3) is 5.91 Å². The largest absolute Gasteiger partial charge is 0.345 e. The molecule has 1 fully saturated rings. The molecule has 0 spiro atoms. The molecule has 0 unspecified atom stereocenters. The van der Waals surface area contributed by atoms with E-state index in [4.69, 9.17) is 5.10 Å². The van der Waals surface area contributed by atoms with Gasteiger partial charge in [-0.1, -0.05) is 19.3 Å². The number of fused-ring (bicyclic) bond motifs is 1. The molecule has 0 radical (unpaired) electrons. The lowest BCUT2D eigenvalue weighted by Gasteiger charge is -2.33. The predicted octanol–water partition coefficient (Wildman–Crippen LogP) is 2.76. The minimum atomic E-state index is -0.180. The molecule has 0 saturated heterocycles. The molecule has 1 amide bonds. The highest BCUT2D eigenvalue weighted by molar-refractivity contribution is 5.92. The maximum absolute atomic E-state index is 12.4. The van der Waals surface area contributed by atoms with Gasteiger partial charge in [0.2, 0.25) is 0 Å². The van der Waals surface area contributed by atoms with E-state index in [1.54, 1.807) is 13.0 Å². The number of aryl methyl sites for hydroxylation is 3. The Labute approximate surface area is 166 Å². The van der Waals surface area contributed by atoms with Gasteiger partial charge in [-0.3, -0.25) is 14.4 Å². The highest BCUT2D eigenvalue weighted by Gasteiger charge is 2.24. The van der Waals surface area contributed by atoms with Gasteiger partial charge < -0.3 is 5.32 Å². The molecule has 1 aliphatic carbocycles. The van der Waals surface area contributed by atoms with E-state index in [-0.39, 0.29) is 5.91 Å². The molecule has 7 nitrogen and oxygen atoms in total. The Hall–Kier alpha value is -2.28. The van der Waals surface area contributed by atoms with Gasteiger partial charge in [0.1, 0.15) is 11.5 Å². The van der Waals surface area contributed by atoms with Gasteiger partial charge in [0, 0.05) is 31.4 Å². The molecular weight excluding hydrogens is 352 g/mol. The molecule has 0 aromatic carbocycles. The van der Waals surface area contributed by atoms with Crippen LogP contribution in [-0.4, -0.2) is 43.1 Å². The minimum absolute atomic E-state index is 0.180. The van der Waals surface area contributed by atoms with Crippen molar-refractivity contribution in [2.75, 3.05) is 6.54 Å². The Morgan fingerprint density at radius 1 is 1.11 bits per heavy atom. The smallest absolute Gasteiger partial charge is 0.270 e. The summed E-state index contributed by atoms with van der Waals surface area (Å²) < 4.78 is 2.13. The third-order valence-corrected chi connectivity index (χ3v) is 5.81. The predicted molar refractivity (Wildman–Crippen MR) is 107 cm³/mol. The fourth-order valence-electron chi connectivity index (χ4n) is 4.49. The van der Waals surface area contributed by atoms with E-state index in [2.05, 4.69) is 30.9 Å². The van der Waals surface area contributed by atoms with Crippen molar-refractivity contribution in [3.8, 4) is 0 Å². The Morgan fingerprint density at radius 3 is 2.71 bits per heavy atom. The quantitative estimate of drug-likeness (QED) is 0.880. The van der Waals surface area contributed by atoms with Crippen LogP contribution in [-0.2, 0) is 19.6 Å². The SMILES string of the molecule is Cc1cc(C(=O)NCc2cc3n(n2)CCCN(C2CCCCC2)C3)nc(C)n1. The number of rotatable bonds is 4. The number of aromatic nitrogens is 4. The molecule has 3 heterocycles. The fourth-order valence-corrected chi connectivity index (χ4v) is 4.49. The fraction of sp³-hybridized carbons (Fsp3) is 0.619. The van der Waals surface area contributed by atoms with E-state index in [1.807, 2.05) is 6.92 Å². The molecular formula is C21H30N6O. The molecule has 150 valence electrons. The van der Waals surface area contributed by atoms with E-state index in [0.717, 1.165) is 43.5 Å². The Kier molecular flexibility index (Phi) is 5.71. The zero-order valence-corrected chi connectivity index (χ0v) is 16.9. The van der Waals surface area contributed by atoms with E-state index >= 15 is 0 Å². The van der Waals surface area contributed by atoms with Crippen LogP contribution >= 0.6 is 0 Å². The van der Waals surface area contributed by atoms with Crippen molar-refractivity contribution in [1.29, 1.82) is 0 Å². The first kappa shape index (κ1) is 19.1. The third kappa shape index (κ3) is 4.41. The number of nitrogens with zero attached hydrogens (tertiary/aromatic N) is 5. The summed E-state index contributed by atoms with van der Waals surface area (Å²) in [6, 6.07) is 4.59. The first-order chi connectivity index (χ1) is 13.6. The average molecular weight is 383 g/mol. The summed E-state index contributed by atoms with van der Waals surface area (Å²) in [5.74, 6) is 0.433. The monoisotopic (exact) mass is 382 g/mol. The normalized spacial score (nSPS) is 18.5. The zero-order valence-electron chi connectivity index (χ0n) is 16.9. The standard InChI is InChI=1S/C21H30N6O/c1-15-11-20(24-16(2)23-15)21(28)22-13-17-12-19-14-26(9-6-10-27(19)25-17)18-7-4-3-5-8-18/h11-12,18H,3-10,13-14H2,1-2H3,(H,22,28). The molecule has 28 heavy (non-hydrogen) atoms. The Bertz CT molecular complexity index is 819. The van der Waals surface area contributed by atoms with Gasteiger partial charge in [0.05, 0.1) is 17.9 Å². The molecule has 1 saturated carbocycles. The molecule has 1 N–H and O–H groups in total. The van der Waals surface area contributed by atoms with Crippen LogP contribution in [0.2, 0.25) is 0 Å². The van der Waals surface area contributed by atoms with Crippen molar-refractivity contribution in [3.63, 3.8) is 0 Å². The summed E-state index contributed by atoms with van der Waals surface area (Å²) in [7, 11) is 0. The number of amides is 1. The topological polar surface area (TPSA) is 75.9 Å². The van der Waals surface area contributed by atoms with Crippen LogP contribution in [0.15, 0.2) is 12.1 Å². The summed E-state index contributed by atoms with van der Waals surface area (Å²) in [6.07, 6.45) is 7.90. The number of carbonyl (C=O) groups is 1. The van der Waals surface area contributed by atoms with Crippen LogP contribution in [0.4, 0.5) is 0 Å². The first-order valence-corrected chi connectivity index (χ1v) is 10.5. The van der Waals surface area contributed by atoms with E-state index in [0.29, 0.717) is 18.1 Å². The van der Waals surface area contributed by atoms with Crippen molar-refractivity contribution < 1.29 is 4.79 Å². The molecule has 2 aromatic rings. The second-order valence-corrected chi connectivity index (χ2v) is 8.09. The van der Waals surface area contributed by atoms with Crippen molar-refractivity contribution in [2.45, 2.75) is 78.0 Å². The summed E-state index contributed by atoms with van der Waals surface area (Å²) in [4.78, 5) is 23.5. The summed E-state index contributed by atoms with van der Waals surface area (Å²) in [5.41, 5.74) is 3.39. The number of hydrogen-bond acceptors (Lipinski definition) is 5. The lowest BCUT2D eigenvalue weighted by Crippen LogP contribution is -2.36. The maximum Gasteiger partial charge on any atom is 0.270 e. The van der Waals surface area contributed by atoms with Crippen molar-refractivity contribution in [1.82, 2.24) is 30.0 Å². The number of carbonyl (C=O) groups excluding carboxylic acids is 1. The average Bonchev–Trinajstić information content (AvgIpc) is 2.96. The lowest BCUT2D eigenvalue weighted by molar-refractivity contribution is 0.0944. The van der Waals surface area contributed by atoms with Crippen LogP contribution < -0.4 is 5.32 Å². The van der Waals surface area contributed by atoms with Crippen LogP contribution in [0, 0.1) is 13.8 Å². The van der Waals surface area contributed by atoms with Gasteiger partial charge in [0.15, 0.2) is 0 Å². The van der Waals surface area contributed by atoms with Gasteiger partial charge in [-0.15, -0.1) is 0 Å². The molecule has 0 atom stereocenters. The zero-order chi connectivity index (χ0) is 19.5. The molecule has 4 rings (SSSR count). The lowest BCUT2D eigenvalue weighted by atomic mass is 9.94. The highest BCUT2D eigenvalue weighted by atomic mass is 16.1. The molecule has 2 aromatic heterocycles. The molecule has 0 bridgehead atoms. The molecule has 2 aliphatic rings. The maximum atomic E-state index is 12.4. The van der Waals surface area contributed by atoms with Gasteiger partial charge >= 0.3 is 0 Å². The van der Waals surface area contributed by atoms with E-state index in [9.17, 15) is 4.79 Å². The van der Waals surface area contributed by atoms with Gasteiger partial charge in [-0.05, 0) is 45.2 Å². The second-order valence-electron chi connectivity index (χ2n) is 8.09. The van der Waals surface area contributed by atoms with Gasteiger partial charge in [-0.25, -0.2) is 9.97 Å². The third-order valence-electron chi connectivity index (χ3n) is 5.81. The highest BCUT2D eigenvalue weighted by Crippen LogP contribution is 2.26. The Morgan fingerprint density at radius 2 is 1.93 bits per heavy atom. The Balaban J connectivity index is 1.40. The second kappa shape index (κ2) is 8.39. The van der Waals surface area contributed by atoms with Crippen LogP contribution in [0.1, 0.15) is 71.9 Å². The van der Waals surface area contributed by atoms with Crippen LogP contribution in [0.5, 0.6) is 0 Å². The number of nitrogens with one attached hydrogen (secondary N) is 1. The van der Waals surface area contributed by atoms with Gasteiger partial charge in [-0.2, -0.15) is 5.10 Å². The number of hydrogen-bond donors (Lipinski definition) is 1. The van der Waals surface area contributed by atoms with E-state index in [1.165, 1.54) is 37.8 Å².